The van der Waals surface area contributed by atoms with Gasteiger partial charge in [-0.05, 0) is 54.1 Å². The molecule has 6 nitrogen and oxygen atoms in total. The zero-order valence-electron chi connectivity index (χ0n) is 17.4. The molecule has 162 valence electrons. The summed E-state index contributed by atoms with van der Waals surface area (Å²) < 4.78 is 7.20. The molecule has 0 atom stereocenters. The molecule has 0 aliphatic heterocycles. The number of carbonyl (C=O) groups is 1. The summed E-state index contributed by atoms with van der Waals surface area (Å²) in [5.41, 5.74) is 2.79. The molecule has 1 heterocycles. The summed E-state index contributed by atoms with van der Waals surface area (Å²) in [6.07, 6.45) is 0. The van der Waals surface area contributed by atoms with Crippen LogP contribution in [0.25, 0.3) is 17.1 Å². The third kappa shape index (κ3) is 5.30. The summed E-state index contributed by atoms with van der Waals surface area (Å²) in [7, 11) is 1.63. The molecular weight excluding hydrogens is 444 g/mol. The van der Waals surface area contributed by atoms with Crippen molar-refractivity contribution in [1.29, 1.82) is 0 Å². The number of nitrogens with one attached hydrogen (secondary N) is 1. The number of nitrogens with zero attached hydrogens (tertiary/aromatic N) is 3. The highest BCUT2D eigenvalue weighted by atomic mass is 35.5. The van der Waals surface area contributed by atoms with E-state index in [4.69, 9.17) is 16.3 Å². The van der Waals surface area contributed by atoms with Crippen LogP contribution in [0.5, 0.6) is 5.75 Å². The number of ether oxygens (including phenoxy) is 1. The number of amides is 1. The van der Waals surface area contributed by atoms with E-state index in [0.29, 0.717) is 22.5 Å². The molecule has 1 N–H and O–H groups in total. The predicted octanol–water partition coefficient (Wildman–Crippen LogP) is 5.00. The first-order valence-electron chi connectivity index (χ1n) is 9.93. The van der Waals surface area contributed by atoms with Crippen LogP contribution in [0.3, 0.4) is 0 Å². The molecule has 0 aliphatic rings. The van der Waals surface area contributed by atoms with E-state index < -0.39 is 0 Å². The highest BCUT2D eigenvalue weighted by Gasteiger charge is 2.17. The van der Waals surface area contributed by atoms with Gasteiger partial charge in [0, 0.05) is 22.8 Å². The molecule has 4 rings (SSSR count). The van der Waals surface area contributed by atoms with Crippen molar-refractivity contribution in [2.45, 2.75) is 11.7 Å². The maximum Gasteiger partial charge on any atom is 0.230 e. The van der Waals surface area contributed by atoms with Crippen molar-refractivity contribution >= 4 is 29.3 Å². The van der Waals surface area contributed by atoms with Crippen LogP contribution in [0.4, 0.5) is 0 Å². The Morgan fingerprint density at radius 3 is 2.41 bits per heavy atom. The Hall–Kier alpha value is -3.29. The number of hydrogen-bond acceptors (Lipinski definition) is 5. The van der Waals surface area contributed by atoms with E-state index in [1.807, 2.05) is 83.4 Å². The van der Waals surface area contributed by atoms with E-state index >= 15 is 0 Å². The first kappa shape index (κ1) is 21.9. The van der Waals surface area contributed by atoms with Gasteiger partial charge in [-0.2, -0.15) is 0 Å². The van der Waals surface area contributed by atoms with Crippen molar-refractivity contribution < 1.29 is 9.53 Å². The predicted molar refractivity (Wildman–Crippen MR) is 127 cm³/mol. The van der Waals surface area contributed by atoms with Crippen LogP contribution in [0.15, 0.2) is 84.0 Å². The van der Waals surface area contributed by atoms with Gasteiger partial charge in [0.2, 0.25) is 5.91 Å². The SMILES string of the molecule is COc1ccc(-n2c(SCC(=O)NCc3ccccc3)nnc2-c2ccc(Cl)cc2)cc1. The van der Waals surface area contributed by atoms with Crippen molar-refractivity contribution in [2.75, 3.05) is 12.9 Å². The largest absolute Gasteiger partial charge is 0.497 e. The fourth-order valence-corrected chi connectivity index (χ4v) is 4.00. The minimum Gasteiger partial charge on any atom is -0.497 e. The van der Waals surface area contributed by atoms with Crippen LogP contribution >= 0.6 is 23.4 Å². The Morgan fingerprint density at radius 1 is 1.00 bits per heavy atom. The lowest BCUT2D eigenvalue weighted by Crippen LogP contribution is -2.24. The van der Waals surface area contributed by atoms with Gasteiger partial charge < -0.3 is 10.1 Å². The number of carbonyl (C=O) groups excluding carboxylic acids is 1. The average molecular weight is 465 g/mol. The quantitative estimate of drug-likeness (QED) is 0.371. The summed E-state index contributed by atoms with van der Waals surface area (Å²) in [5, 5.41) is 13.0. The molecular formula is C24H21ClN4O2S. The Kier molecular flexibility index (Phi) is 7.09. The second-order valence-electron chi connectivity index (χ2n) is 6.90. The highest BCUT2D eigenvalue weighted by Crippen LogP contribution is 2.29. The molecule has 0 bridgehead atoms. The molecule has 1 aromatic heterocycles. The van der Waals surface area contributed by atoms with Gasteiger partial charge in [-0.1, -0.05) is 53.7 Å². The zero-order chi connectivity index (χ0) is 22.3. The molecule has 32 heavy (non-hydrogen) atoms. The lowest BCUT2D eigenvalue weighted by atomic mass is 10.2. The van der Waals surface area contributed by atoms with Gasteiger partial charge in [0.15, 0.2) is 11.0 Å². The summed E-state index contributed by atoms with van der Waals surface area (Å²) in [4.78, 5) is 12.4. The van der Waals surface area contributed by atoms with E-state index in [0.717, 1.165) is 22.6 Å². The molecule has 0 aliphatic carbocycles. The second kappa shape index (κ2) is 10.3. The molecule has 0 saturated heterocycles. The topological polar surface area (TPSA) is 69.0 Å². The van der Waals surface area contributed by atoms with Crippen LogP contribution in [-0.4, -0.2) is 33.5 Å². The molecule has 0 radical (unpaired) electrons. The molecule has 8 heteroatoms. The van der Waals surface area contributed by atoms with Gasteiger partial charge in [0.1, 0.15) is 5.75 Å². The number of hydrogen-bond donors (Lipinski definition) is 1. The third-order valence-electron chi connectivity index (χ3n) is 4.73. The lowest BCUT2D eigenvalue weighted by Gasteiger charge is -2.11. The number of halogens is 1. The maximum absolute atomic E-state index is 12.4. The van der Waals surface area contributed by atoms with Gasteiger partial charge in [-0.15, -0.1) is 10.2 Å². The molecule has 0 fully saturated rings. The number of thioether (sulfide) groups is 1. The highest BCUT2D eigenvalue weighted by molar-refractivity contribution is 7.99. The summed E-state index contributed by atoms with van der Waals surface area (Å²) in [6, 6.07) is 24.8. The Bertz CT molecular complexity index is 1180. The fraction of sp³-hybridized carbons (Fsp3) is 0.125. The molecule has 3 aromatic carbocycles. The summed E-state index contributed by atoms with van der Waals surface area (Å²) in [6.45, 7) is 0.488. The molecule has 0 saturated carbocycles. The van der Waals surface area contributed by atoms with Crippen molar-refractivity contribution in [3.63, 3.8) is 0 Å². The van der Waals surface area contributed by atoms with E-state index in [-0.39, 0.29) is 11.7 Å². The first-order chi connectivity index (χ1) is 15.6. The van der Waals surface area contributed by atoms with Crippen LogP contribution in [-0.2, 0) is 11.3 Å². The monoisotopic (exact) mass is 464 g/mol. The van der Waals surface area contributed by atoms with Crippen LogP contribution < -0.4 is 10.1 Å². The Balaban J connectivity index is 1.55. The van der Waals surface area contributed by atoms with Gasteiger partial charge >= 0.3 is 0 Å². The molecule has 0 unspecified atom stereocenters. The van der Waals surface area contributed by atoms with Gasteiger partial charge in [0.25, 0.3) is 0 Å². The second-order valence-corrected chi connectivity index (χ2v) is 8.28. The fourth-order valence-electron chi connectivity index (χ4n) is 3.09. The van der Waals surface area contributed by atoms with E-state index in [1.54, 1.807) is 7.11 Å². The lowest BCUT2D eigenvalue weighted by molar-refractivity contribution is -0.118. The Morgan fingerprint density at radius 2 is 1.72 bits per heavy atom. The van der Waals surface area contributed by atoms with Gasteiger partial charge in [-0.3, -0.25) is 9.36 Å². The molecule has 0 spiro atoms. The number of rotatable bonds is 8. The number of benzene rings is 3. The number of methoxy groups -OCH3 is 1. The summed E-state index contributed by atoms with van der Waals surface area (Å²) >= 11 is 7.38. The smallest absolute Gasteiger partial charge is 0.230 e. The maximum atomic E-state index is 12.4. The van der Waals surface area contributed by atoms with Gasteiger partial charge in [-0.25, -0.2) is 0 Å². The Labute approximate surface area is 195 Å². The van der Waals surface area contributed by atoms with E-state index in [2.05, 4.69) is 15.5 Å². The van der Waals surface area contributed by atoms with Crippen LogP contribution in [0.2, 0.25) is 5.02 Å². The molecule has 1 amide bonds. The van der Waals surface area contributed by atoms with Gasteiger partial charge in [0.05, 0.1) is 12.9 Å². The zero-order valence-corrected chi connectivity index (χ0v) is 18.9. The van der Waals surface area contributed by atoms with Crippen molar-refractivity contribution in [3.8, 4) is 22.8 Å². The minimum absolute atomic E-state index is 0.0730. The average Bonchev–Trinajstić information content (AvgIpc) is 3.26. The van der Waals surface area contributed by atoms with Crippen molar-refractivity contribution in [1.82, 2.24) is 20.1 Å². The van der Waals surface area contributed by atoms with E-state index in [1.165, 1.54) is 11.8 Å². The third-order valence-corrected chi connectivity index (χ3v) is 5.91. The first-order valence-corrected chi connectivity index (χ1v) is 11.3. The molecule has 4 aromatic rings. The normalized spacial score (nSPS) is 10.7. The van der Waals surface area contributed by atoms with Crippen LogP contribution in [0, 0.1) is 0 Å². The minimum atomic E-state index is -0.0730. The van der Waals surface area contributed by atoms with Crippen molar-refractivity contribution in [2.24, 2.45) is 0 Å². The van der Waals surface area contributed by atoms with Crippen LogP contribution in [0.1, 0.15) is 5.56 Å². The van der Waals surface area contributed by atoms with Crippen molar-refractivity contribution in [3.05, 3.63) is 89.4 Å². The van der Waals surface area contributed by atoms with E-state index in [9.17, 15) is 4.79 Å². The summed E-state index contributed by atoms with van der Waals surface area (Å²) in [5.74, 6) is 1.57. The standard InChI is InChI=1S/C24H21ClN4O2S/c1-31-21-13-11-20(12-14-21)29-23(18-7-9-19(25)10-8-18)27-28-24(29)32-16-22(30)26-15-17-5-3-2-4-6-17/h2-14H,15-16H2,1H3,(H,26,30). The number of aromatic nitrogens is 3.